The van der Waals surface area contributed by atoms with Crippen LogP contribution < -0.4 is 0 Å². The first-order chi connectivity index (χ1) is 9.86. The van der Waals surface area contributed by atoms with Crippen molar-refractivity contribution < 1.29 is 18.3 Å². The van der Waals surface area contributed by atoms with Gasteiger partial charge in [-0.05, 0) is 31.0 Å². The predicted molar refractivity (Wildman–Crippen MR) is 69.4 cm³/mol. The van der Waals surface area contributed by atoms with E-state index in [2.05, 4.69) is 10.1 Å². The van der Waals surface area contributed by atoms with Gasteiger partial charge in [-0.2, -0.15) is 18.3 Å². The van der Waals surface area contributed by atoms with Crippen LogP contribution in [0.15, 0.2) is 24.3 Å². The maximum Gasteiger partial charge on any atom is 0.421 e. The van der Waals surface area contributed by atoms with E-state index in [1.165, 1.54) is 6.07 Å². The summed E-state index contributed by atoms with van der Waals surface area (Å²) in [5, 5.41) is 14.0. The molecule has 112 valence electrons. The van der Waals surface area contributed by atoms with Crippen LogP contribution in [0.5, 0.6) is 0 Å². The number of hydrogen-bond acceptors (Lipinski definition) is 3. The van der Waals surface area contributed by atoms with E-state index in [9.17, 15) is 18.3 Å². The Bertz CT molecular complexity index is 667. The molecule has 1 aliphatic carbocycles. The zero-order chi connectivity index (χ0) is 15.2. The summed E-state index contributed by atoms with van der Waals surface area (Å²) in [7, 11) is 0. The van der Waals surface area contributed by atoms with Crippen molar-refractivity contribution in [1.29, 1.82) is 0 Å². The highest BCUT2D eigenvalue weighted by Gasteiger charge is 2.44. The molecule has 0 bridgehead atoms. The molecule has 1 atom stereocenters. The summed E-state index contributed by atoms with van der Waals surface area (Å²) >= 11 is 5.85. The highest BCUT2D eigenvalue weighted by Crippen LogP contribution is 2.40. The molecule has 3 rings (SSSR count). The molecule has 0 aliphatic heterocycles. The Labute approximate surface area is 123 Å². The van der Waals surface area contributed by atoms with Gasteiger partial charge in [-0.25, -0.2) is 9.67 Å². The normalized spacial score (nSPS) is 17.0. The average Bonchev–Trinajstić information content (AvgIpc) is 3.16. The molecule has 1 aromatic carbocycles. The first-order valence-electron chi connectivity index (χ1n) is 6.34. The summed E-state index contributed by atoms with van der Waals surface area (Å²) in [6, 6.07) is 6.23. The second-order valence-electron chi connectivity index (χ2n) is 4.94. The smallest absolute Gasteiger partial charge is 0.377 e. The third-order valence-corrected chi connectivity index (χ3v) is 3.43. The molecule has 1 fully saturated rings. The third kappa shape index (κ3) is 2.89. The first-order valence-corrected chi connectivity index (χ1v) is 6.71. The van der Waals surface area contributed by atoms with E-state index < -0.39 is 18.1 Å². The van der Waals surface area contributed by atoms with Gasteiger partial charge in [-0.1, -0.05) is 17.7 Å². The van der Waals surface area contributed by atoms with Crippen LogP contribution in [-0.4, -0.2) is 26.0 Å². The maximum atomic E-state index is 12.8. The van der Waals surface area contributed by atoms with Gasteiger partial charge in [0.2, 0.25) is 6.10 Å². The van der Waals surface area contributed by atoms with Gasteiger partial charge in [0, 0.05) is 10.9 Å². The number of benzene rings is 1. The largest absolute Gasteiger partial charge is 0.421 e. The van der Waals surface area contributed by atoms with E-state index in [0.29, 0.717) is 16.5 Å². The lowest BCUT2D eigenvalue weighted by molar-refractivity contribution is -0.209. The van der Waals surface area contributed by atoms with E-state index >= 15 is 0 Å². The molecular weight excluding hydrogens is 307 g/mol. The highest BCUT2D eigenvalue weighted by molar-refractivity contribution is 6.30. The number of aromatic nitrogens is 3. The molecule has 21 heavy (non-hydrogen) atoms. The van der Waals surface area contributed by atoms with Crippen molar-refractivity contribution in [3.05, 3.63) is 40.9 Å². The molecule has 2 aromatic rings. The van der Waals surface area contributed by atoms with Crippen molar-refractivity contribution in [2.24, 2.45) is 0 Å². The van der Waals surface area contributed by atoms with Crippen molar-refractivity contribution in [3.63, 3.8) is 0 Å². The lowest BCUT2D eigenvalue weighted by Crippen LogP contribution is -2.23. The lowest BCUT2D eigenvalue weighted by atomic mass is 10.3. The Kier molecular flexibility index (Phi) is 3.41. The minimum Gasteiger partial charge on any atom is -0.377 e. The van der Waals surface area contributed by atoms with E-state index in [1.54, 1.807) is 18.2 Å². The average molecular weight is 318 g/mol. The first kappa shape index (κ1) is 14.3. The third-order valence-electron chi connectivity index (χ3n) is 3.20. The minimum atomic E-state index is -4.80. The Morgan fingerprint density at radius 1 is 1.33 bits per heavy atom. The molecule has 8 heteroatoms. The van der Waals surface area contributed by atoms with Gasteiger partial charge in [0.25, 0.3) is 0 Å². The molecule has 0 radical (unpaired) electrons. The maximum absolute atomic E-state index is 12.8. The highest BCUT2D eigenvalue weighted by atomic mass is 35.5. The molecule has 0 amide bonds. The molecule has 0 unspecified atom stereocenters. The summed E-state index contributed by atoms with van der Waals surface area (Å²) in [4.78, 5) is 3.88. The van der Waals surface area contributed by atoms with Gasteiger partial charge in [-0.3, -0.25) is 0 Å². The number of rotatable bonds is 3. The monoisotopic (exact) mass is 317 g/mol. The summed E-state index contributed by atoms with van der Waals surface area (Å²) in [6.45, 7) is 0. The van der Waals surface area contributed by atoms with Crippen molar-refractivity contribution in [2.45, 2.75) is 31.0 Å². The zero-order valence-corrected chi connectivity index (χ0v) is 11.4. The van der Waals surface area contributed by atoms with Crippen LogP contribution in [-0.2, 0) is 0 Å². The number of nitrogens with zero attached hydrogens (tertiary/aromatic N) is 3. The van der Waals surface area contributed by atoms with Gasteiger partial charge in [0.1, 0.15) is 0 Å². The van der Waals surface area contributed by atoms with Crippen LogP contribution in [0.25, 0.3) is 5.69 Å². The molecule has 1 saturated carbocycles. The van der Waals surface area contributed by atoms with Gasteiger partial charge in [-0.15, -0.1) is 0 Å². The second-order valence-corrected chi connectivity index (χ2v) is 5.37. The zero-order valence-electron chi connectivity index (χ0n) is 10.7. The molecule has 1 heterocycles. The number of aliphatic hydroxyl groups is 1. The van der Waals surface area contributed by atoms with E-state index in [0.717, 1.165) is 17.5 Å². The number of aliphatic hydroxyl groups excluding tert-OH is 1. The molecule has 4 nitrogen and oxygen atoms in total. The molecule has 1 N–H and O–H groups in total. The van der Waals surface area contributed by atoms with Crippen LogP contribution in [0, 0.1) is 0 Å². The van der Waals surface area contributed by atoms with Crippen LogP contribution in [0.4, 0.5) is 13.2 Å². The number of hydrogen-bond donors (Lipinski definition) is 1. The molecule has 0 saturated heterocycles. The van der Waals surface area contributed by atoms with Gasteiger partial charge in [0.15, 0.2) is 11.6 Å². The topological polar surface area (TPSA) is 50.9 Å². The van der Waals surface area contributed by atoms with Crippen molar-refractivity contribution >= 4 is 11.6 Å². The fourth-order valence-corrected chi connectivity index (χ4v) is 2.16. The Balaban J connectivity index is 2.09. The fraction of sp³-hybridized carbons (Fsp3) is 0.385. The van der Waals surface area contributed by atoms with Gasteiger partial charge < -0.3 is 5.11 Å². The standard InChI is InChI=1S/C13H11ClF3N3O/c14-8-2-1-3-9(6-8)20-12(10(21)13(15,16)17)18-11(19-20)7-4-5-7/h1-3,6-7,10,21H,4-5H2/t10-/m1/s1. The van der Waals surface area contributed by atoms with Crippen molar-refractivity contribution in [3.8, 4) is 5.69 Å². The number of alkyl halides is 3. The summed E-state index contributed by atoms with van der Waals surface area (Å²) in [6.07, 6.45) is -5.79. The van der Waals surface area contributed by atoms with Gasteiger partial charge in [0.05, 0.1) is 5.69 Å². The summed E-state index contributed by atoms with van der Waals surface area (Å²) < 4.78 is 39.3. The Morgan fingerprint density at radius 2 is 2.05 bits per heavy atom. The lowest BCUT2D eigenvalue weighted by Gasteiger charge is -2.14. The van der Waals surface area contributed by atoms with E-state index in [4.69, 9.17) is 11.6 Å². The van der Waals surface area contributed by atoms with Crippen LogP contribution in [0.1, 0.15) is 36.5 Å². The predicted octanol–water partition coefficient (Wildman–Crippen LogP) is 3.39. The van der Waals surface area contributed by atoms with Crippen LogP contribution >= 0.6 is 11.6 Å². The minimum absolute atomic E-state index is 0.0737. The van der Waals surface area contributed by atoms with Crippen molar-refractivity contribution in [2.75, 3.05) is 0 Å². The van der Waals surface area contributed by atoms with Crippen molar-refractivity contribution in [1.82, 2.24) is 14.8 Å². The quantitative estimate of drug-likeness (QED) is 0.944. The molecule has 1 aliphatic rings. The second kappa shape index (κ2) is 4.99. The molecule has 0 spiro atoms. The summed E-state index contributed by atoms with van der Waals surface area (Å²) in [5.74, 6) is -0.135. The van der Waals surface area contributed by atoms with Crippen LogP contribution in [0.2, 0.25) is 5.02 Å². The van der Waals surface area contributed by atoms with E-state index in [1.807, 2.05) is 0 Å². The summed E-state index contributed by atoms with van der Waals surface area (Å²) in [5.41, 5.74) is 0.334. The van der Waals surface area contributed by atoms with Crippen LogP contribution in [0.3, 0.4) is 0 Å². The Hall–Kier alpha value is -1.60. The van der Waals surface area contributed by atoms with Gasteiger partial charge >= 0.3 is 6.18 Å². The molecular formula is C13H11ClF3N3O. The van der Waals surface area contributed by atoms with E-state index in [-0.39, 0.29) is 5.92 Å². The Morgan fingerprint density at radius 3 is 2.62 bits per heavy atom. The SMILES string of the molecule is O[C@H](c1nc(C2CC2)nn1-c1cccc(Cl)c1)C(F)(F)F. The molecule has 1 aromatic heterocycles. The fourth-order valence-electron chi connectivity index (χ4n) is 1.98. The number of halogens is 4.